The lowest BCUT2D eigenvalue weighted by atomic mass is 9.90. The van der Waals surface area contributed by atoms with Crippen LogP contribution in [0.3, 0.4) is 0 Å². The van der Waals surface area contributed by atoms with Gasteiger partial charge in [-0.15, -0.1) is 0 Å². The standard InChI is InChI=1S/C14H19N5O2/c1-8-7-21-13(16-8)18-12(20)9-5-10(14(2,3)4)17-11(6-9)19-15/h5-7H,15H2,1-4H3,(H,17,19)(H,16,18,20). The van der Waals surface area contributed by atoms with Gasteiger partial charge in [0.05, 0.1) is 5.69 Å². The average molecular weight is 289 g/mol. The summed E-state index contributed by atoms with van der Waals surface area (Å²) in [7, 11) is 0. The summed E-state index contributed by atoms with van der Waals surface area (Å²) in [6, 6.07) is 3.46. The first kappa shape index (κ1) is 15.0. The number of aromatic nitrogens is 2. The molecule has 0 saturated heterocycles. The molecule has 0 aliphatic rings. The van der Waals surface area contributed by atoms with E-state index >= 15 is 0 Å². The lowest BCUT2D eigenvalue weighted by Crippen LogP contribution is -2.20. The highest BCUT2D eigenvalue weighted by Crippen LogP contribution is 2.23. The number of carbonyl (C=O) groups is 1. The molecule has 0 bridgehead atoms. The smallest absolute Gasteiger partial charge is 0.301 e. The zero-order chi connectivity index (χ0) is 15.6. The quantitative estimate of drug-likeness (QED) is 0.591. The van der Waals surface area contributed by atoms with Gasteiger partial charge < -0.3 is 9.84 Å². The van der Waals surface area contributed by atoms with Gasteiger partial charge in [-0.05, 0) is 19.1 Å². The number of pyridine rings is 1. The average Bonchev–Trinajstić information content (AvgIpc) is 2.82. The molecule has 0 aliphatic carbocycles. The zero-order valence-corrected chi connectivity index (χ0v) is 12.5. The molecule has 112 valence electrons. The van der Waals surface area contributed by atoms with Gasteiger partial charge in [-0.25, -0.2) is 10.8 Å². The van der Waals surface area contributed by atoms with E-state index in [-0.39, 0.29) is 17.3 Å². The van der Waals surface area contributed by atoms with Gasteiger partial charge in [0.1, 0.15) is 12.1 Å². The number of nitrogens with zero attached hydrogens (tertiary/aromatic N) is 2. The number of hydrogen-bond acceptors (Lipinski definition) is 6. The monoisotopic (exact) mass is 289 g/mol. The first-order valence-electron chi connectivity index (χ1n) is 6.52. The molecule has 2 aromatic heterocycles. The number of hydrogen-bond donors (Lipinski definition) is 3. The Morgan fingerprint density at radius 1 is 1.29 bits per heavy atom. The minimum absolute atomic E-state index is 0.161. The molecule has 0 atom stereocenters. The van der Waals surface area contributed by atoms with Crippen LogP contribution in [0.2, 0.25) is 0 Å². The summed E-state index contributed by atoms with van der Waals surface area (Å²) in [5.41, 5.74) is 4.15. The Labute approximate surface area is 122 Å². The van der Waals surface area contributed by atoms with Gasteiger partial charge in [-0.1, -0.05) is 20.8 Å². The van der Waals surface area contributed by atoms with Crippen molar-refractivity contribution in [1.82, 2.24) is 9.97 Å². The van der Waals surface area contributed by atoms with Crippen molar-refractivity contribution in [2.75, 3.05) is 10.7 Å². The van der Waals surface area contributed by atoms with Gasteiger partial charge in [0.2, 0.25) is 0 Å². The van der Waals surface area contributed by atoms with E-state index in [1.165, 1.54) is 6.26 Å². The van der Waals surface area contributed by atoms with Crippen LogP contribution in [-0.4, -0.2) is 15.9 Å². The number of nitrogens with two attached hydrogens (primary N) is 1. The maximum Gasteiger partial charge on any atom is 0.301 e. The first-order chi connectivity index (χ1) is 9.79. The second-order valence-corrected chi connectivity index (χ2v) is 5.77. The molecule has 0 fully saturated rings. The topological polar surface area (TPSA) is 106 Å². The molecule has 0 saturated carbocycles. The van der Waals surface area contributed by atoms with Crippen molar-refractivity contribution < 1.29 is 9.21 Å². The van der Waals surface area contributed by atoms with Crippen molar-refractivity contribution in [2.45, 2.75) is 33.1 Å². The van der Waals surface area contributed by atoms with Crippen molar-refractivity contribution >= 4 is 17.7 Å². The Balaban J connectivity index is 2.31. The second kappa shape index (κ2) is 5.53. The van der Waals surface area contributed by atoms with Crippen LogP contribution in [-0.2, 0) is 5.41 Å². The van der Waals surface area contributed by atoms with Crippen LogP contribution in [0.1, 0.15) is 42.5 Å². The lowest BCUT2D eigenvalue weighted by molar-refractivity contribution is 0.102. The largest absolute Gasteiger partial charge is 0.432 e. The molecule has 2 aromatic rings. The second-order valence-electron chi connectivity index (χ2n) is 5.77. The molecule has 0 aliphatic heterocycles. The number of carbonyl (C=O) groups excluding carboxylic acids is 1. The molecule has 21 heavy (non-hydrogen) atoms. The fraction of sp³-hybridized carbons (Fsp3) is 0.357. The Hall–Kier alpha value is -2.41. The summed E-state index contributed by atoms with van der Waals surface area (Å²) in [6.07, 6.45) is 1.47. The number of rotatable bonds is 3. The normalized spacial score (nSPS) is 11.3. The number of anilines is 2. The van der Waals surface area contributed by atoms with Gasteiger partial charge >= 0.3 is 6.01 Å². The van der Waals surface area contributed by atoms with Crippen LogP contribution >= 0.6 is 0 Å². The molecule has 0 radical (unpaired) electrons. The van der Waals surface area contributed by atoms with Crippen LogP contribution in [0, 0.1) is 6.92 Å². The summed E-state index contributed by atoms with van der Waals surface area (Å²) in [5.74, 6) is 5.51. The summed E-state index contributed by atoms with van der Waals surface area (Å²) < 4.78 is 5.11. The van der Waals surface area contributed by atoms with Crippen LogP contribution in [0.4, 0.5) is 11.8 Å². The molecule has 2 heterocycles. The SMILES string of the molecule is Cc1coc(NC(=O)c2cc(NN)nc(C(C)(C)C)c2)n1. The van der Waals surface area contributed by atoms with Crippen LogP contribution in [0.15, 0.2) is 22.8 Å². The Kier molecular flexibility index (Phi) is 3.95. The fourth-order valence-corrected chi connectivity index (χ4v) is 1.70. The third kappa shape index (κ3) is 3.57. The van der Waals surface area contributed by atoms with E-state index in [4.69, 9.17) is 10.3 Å². The third-order valence-electron chi connectivity index (χ3n) is 2.84. The van der Waals surface area contributed by atoms with Gasteiger partial charge in [0.15, 0.2) is 0 Å². The van der Waals surface area contributed by atoms with Crippen LogP contribution in [0.25, 0.3) is 0 Å². The van der Waals surface area contributed by atoms with Crippen LogP contribution in [0.5, 0.6) is 0 Å². The Bertz CT molecular complexity index is 658. The maximum atomic E-state index is 12.3. The van der Waals surface area contributed by atoms with Gasteiger partial charge in [-0.2, -0.15) is 4.98 Å². The van der Waals surface area contributed by atoms with Gasteiger partial charge in [0, 0.05) is 16.7 Å². The van der Waals surface area contributed by atoms with Gasteiger partial charge in [-0.3, -0.25) is 10.1 Å². The van der Waals surface area contributed by atoms with E-state index < -0.39 is 0 Å². The van der Waals surface area contributed by atoms with E-state index in [1.54, 1.807) is 19.1 Å². The molecular weight excluding hydrogens is 270 g/mol. The highest BCUT2D eigenvalue weighted by atomic mass is 16.4. The minimum Gasteiger partial charge on any atom is -0.432 e. The molecule has 7 heteroatoms. The zero-order valence-electron chi connectivity index (χ0n) is 12.5. The molecule has 1 amide bonds. The van der Waals surface area contributed by atoms with E-state index in [2.05, 4.69) is 20.7 Å². The lowest BCUT2D eigenvalue weighted by Gasteiger charge is -2.19. The highest BCUT2D eigenvalue weighted by molar-refractivity contribution is 6.03. The van der Waals surface area contributed by atoms with Crippen molar-refractivity contribution in [3.8, 4) is 0 Å². The third-order valence-corrected chi connectivity index (χ3v) is 2.84. The Morgan fingerprint density at radius 3 is 2.52 bits per heavy atom. The number of amides is 1. The Morgan fingerprint density at radius 2 is 2.00 bits per heavy atom. The summed E-state index contributed by atoms with van der Waals surface area (Å²) in [6.45, 7) is 7.80. The predicted molar refractivity (Wildman–Crippen MR) is 79.9 cm³/mol. The molecule has 7 nitrogen and oxygen atoms in total. The number of hydrazine groups is 1. The molecule has 2 rings (SSSR count). The number of nitrogens with one attached hydrogen (secondary N) is 2. The van der Waals surface area contributed by atoms with Crippen LogP contribution < -0.4 is 16.6 Å². The summed E-state index contributed by atoms with van der Waals surface area (Å²) in [5, 5.41) is 2.60. The van der Waals surface area contributed by atoms with E-state index in [0.717, 1.165) is 5.69 Å². The number of oxazole rings is 1. The highest BCUT2D eigenvalue weighted by Gasteiger charge is 2.19. The van der Waals surface area contributed by atoms with E-state index in [9.17, 15) is 4.79 Å². The first-order valence-corrected chi connectivity index (χ1v) is 6.52. The minimum atomic E-state index is -0.332. The molecule has 0 spiro atoms. The van der Waals surface area contributed by atoms with Crippen molar-refractivity contribution in [1.29, 1.82) is 0 Å². The van der Waals surface area contributed by atoms with Crippen molar-refractivity contribution in [3.63, 3.8) is 0 Å². The molecule has 0 aromatic carbocycles. The maximum absolute atomic E-state index is 12.3. The fourth-order valence-electron chi connectivity index (χ4n) is 1.70. The van der Waals surface area contributed by atoms with E-state index in [1.807, 2.05) is 20.8 Å². The predicted octanol–water partition coefficient (Wildman–Crippen LogP) is 2.21. The van der Waals surface area contributed by atoms with Crippen molar-refractivity contribution in [2.24, 2.45) is 5.84 Å². The van der Waals surface area contributed by atoms with Gasteiger partial charge in [0.25, 0.3) is 5.91 Å². The van der Waals surface area contributed by atoms with Crippen molar-refractivity contribution in [3.05, 3.63) is 35.3 Å². The summed E-state index contributed by atoms with van der Waals surface area (Å²) in [4.78, 5) is 20.7. The van der Waals surface area contributed by atoms with E-state index in [0.29, 0.717) is 17.1 Å². The number of nitrogen functional groups attached to an aromatic ring is 1. The molecule has 0 unspecified atom stereocenters. The number of aryl methyl sites for hydroxylation is 1. The molecular formula is C14H19N5O2. The summed E-state index contributed by atoms with van der Waals surface area (Å²) >= 11 is 0. The molecule has 4 N–H and O–H groups in total.